The van der Waals surface area contributed by atoms with Gasteiger partial charge in [-0.15, -0.1) is 0 Å². The van der Waals surface area contributed by atoms with Crippen LogP contribution in [0.3, 0.4) is 0 Å². The fourth-order valence-electron chi connectivity index (χ4n) is 4.19. The number of piperidine rings is 1. The van der Waals surface area contributed by atoms with Crippen molar-refractivity contribution in [3.8, 4) is 0 Å². The molecule has 33 heavy (non-hydrogen) atoms. The van der Waals surface area contributed by atoms with Crippen LogP contribution >= 0.6 is 11.6 Å². The lowest BCUT2D eigenvalue weighted by Crippen LogP contribution is -2.51. The van der Waals surface area contributed by atoms with Gasteiger partial charge in [0.15, 0.2) is 0 Å². The average molecular weight is 491 g/mol. The summed E-state index contributed by atoms with van der Waals surface area (Å²) in [6.45, 7) is 2.53. The zero-order valence-electron chi connectivity index (χ0n) is 18.3. The van der Waals surface area contributed by atoms with Gasteiger partial charge in [-0.05, 0) is 43.2 Å². The Hall–Kier alpha value is -2.49. The Morgan fingerprint density at radius 2 is 1.61 bits per heavy atom. The van der Waals surface area contributed by atoms with Crippen LogP contribution in [-0.2, 0) is 21.2 Å². The number of amides is 2. The van der Waals surface area contributed by atoms with Gasteiger partial charge in [0, 0.05) is 56.7 Å². The van der Waals surface area contributed by atoms with E-state index in [4.69, 9.17) is 11.6 Å². The highest BCUT2D eigenvalue weighted by Crippen LogP contribution is 2.28. The molecule has 1 aromatic heterocycles. The van der Waals surface area contributed by atoms with E-state index in [9.17, 15) is 18.0 Å². The molecule has 0 radical (unpaired) electrons. The van der Waals surface area contributed by atoms with E-state index in [1.54, 1.807) is 28.1 Å². The van der Waals surface area contributed by atoms with Gasteiger partial charge in [-0.1, -0.05) is 24.1 Å². The van der Waals surface area contributed by atoms with E-state index >= 15 is 0 Å². The number of piperazine rings is 1. The lowest BCUT2D eigenvalue weighted by atomic mass is 10.1. The molecule has 0 spiro atoms. The molecule has 0 saturated carbocycles. The molecule has 0 atom stereocenters. The van der Waals surface area contributed by atoms with E-state index in [1.165, 1.54) is 16.4 Å². The first-order valence-corrected chi connectivity index (χ1v) is 12.9. The molecule has 0 aliphatic carbocycles. The van der Waals surface area contributed by atoms with Gasteiger partial charge in [0.25, 0.3) is 5.91 Å². The summed E-state index contributed by atoms with van der Waals surface area (Å²) in [6.07, 6.45) is 4.53. The molecule has 4 rings (SSSR count). The van der Waals surface area contributed by atoms with Gasteiger partial charge >= 0.3 is 0 Å². The van der Waals surface area contributed by atoms with E-state index in [0.29, 0.717) is 45.0 Å². The van der Waals surface area contributed by atoms with Crippen molar-refractivity contribution in [1.82, 2.24) is 19.1 Å². The zero-order valence-corrected chi connectivity index (χ0v) is 19.9. The third-order valence-corrected chi connectivity index (χ3v) is 8.47. The van der Waals surface area contributed by atoms with E-state index < -0.39 is 10.0 Å². The van der Waals surface area contributed by atoms with Crippen molar-refractivity contribution in [2.45, 2.75) is 30.6 Å². The first kappa shape index (κ1) is 23.7. The van der Waals surface area contributed by atoms with Gasteiger partial charge in [-0.3, -0.25) is 14.6 Å². The number of nitrogens with zero attached hydrogens (tertiary/aromatic N) is 4. The summed E-state index contributed by atoms with van der Waals surface area (Å²) in [6, 6.07) is 9.87. The Bertz CT molecular complexity index is 1110. The Kier molecular flexibility index (Phi) is 7.31. The second kappa shape index (κ2) is 10.2. The molecule has 10 heteroatoms. The molecule has 8 nitrogen and oxygen atoms in total. The summed E-state index contributed by atoms with van der Waals surface area (Å²) >= 11 is 6.23. The Morgan fingerprint density at radius 1 is 0.909 bits per heavy atom. The van der Waals surface area contributed by atoms with Gasteiger partial charge in [0.1, 0.15) is 4.90 Å². The highest BCUT2D eigenvalue weighted by molar-refractivity contribution is 7.89. The summed E-state index contributed by atoms with van der Waals surface area (Å²) in [5.41, 5.74) is 0.993. The Labute approximate surface area is 199 Å². The molecule has 2 aliphatic heterocycles. The molecular formula is C23H27ClN4O4S. The number of hydrogen-bond acceptors (Lipinski definition) is 5. The molecule has 0 unspecified atom stereocenters. The number of halogens is 1. The number of pyridine rings is 1. The highest BCUT2D eigenvalue weighted by Gasteiger charge is 2.30. The van der Waals surface area contributed by atoms with Gasteiger partial charge < -0.3 is 9.80 Å². The number of carbonyl (C=O) groups excluding carboxylic acids is 2. The van der Waals surface area contributed by atoms with Crippen LogP contribution in [0.1, 0.15) is 35.3 Å². The highest BCUT2D eigenvalue weighted by atomic mass is 35.5. The standard InChI is InChI=1S/C23H27ClN4O4S/c24-20-8-7-18(16-21(20)33(31,32)28-10-4-1-5-11-28)23(30)27-14-12-26(13-15-27)22(29)17-19-6-2-3-9-25-19/h2-3,6-9,16H,1,4-5,10-15,17H2. The summed E-state index contributed by atoms with van der Waals surface area (Å²) in [4.78, 5) is 33.2. The lowest BCUT2D eigenvalue weighted by Gasteiger charge is -2.35. The second-order valence-electron chi connectivity index (χ2n) is 8.28. The molecule has 3 heterocycles. The summed E-state index contributed by atoms with van der Waals surface area (Å²) in [5, 5.41) is 0.113. The Morgan fingerprint density at radius 3 is 2.27 bits per heavy atom. The SMILES string of the molecule is O=C(Cc1ccccn1)N1CCN(C(=O)c2ccc(Cl)c(S(=O)(=O)N3CCCCC3)c2)CC1. The smallest absolute Gasteiger partial charge is 0.254 e. The van der Waals surface area contributed by atoms with Gasteiger partial charge in [0.2, 0.25) is 15.9 Å². The molecule has 2 aromatic rings. The molecule has 1 aromatic carbocycles. The van der Waals surface area contributed by atoms with Crippen molar-refractivity contribution in [2.24, 2.45) is 0 Å². The van der Waals surface area contributed by atoms with Gasteiger partial charge in [-0.25, -0.2) is 8.42 Å². The van der Waals surface area contributed by atoms with Crippen LogP contribution in [0.2, 0.25) is 5.02 Å². The minimum atomic E-state index is -3.76. The second-order valence-corrected chi connectivity index (χ2v) is 10.6. The van der Waals surface area contributed by atoms with Crippen molar-refractivity contribution >= 4 is 33.4 Å². The van der Waals surface area contributed by atoms with Crippen molar-refractivity contribution < 1.29 is 18.0 Å². The van der Waals surface area contributed by atoms with Crippen LogP contribution in [0.15, 0.2) is 47.5 Å². The van der Waals surface area contributed by atoms with Gasteiger partial charge in [0.05, 0.1) is 11.4 Å². The predicted octanol–water partition coefficient (Wildman–Crippen LogP) is 2.44. The van der Waals surface area contributed by atoms with Crippen LogP contribution < -0.4 is 0 Å². The number of rotatable bonds is 5. The summed E-state index contributed by atoms with van der Waals surface area (Å²) in [5.74, 6) is -0.291. The number of hydrogen-bond donors (Lipinski definition) is 0. The van der Waals surface area contributed by atoms with Gasteiger partial charge in [-0.2, -0.15) is 4.31 Å². The predicted molar refractivity (Wildman–Crippen MR) is 124 cm³/mol. The fourth-order valence-corrected chi connectivity index (χ4v) is 6.21. The molecule has 2 aliphatic rings. The van der Waals surface area contributed by atoms with Crippen molar-refractivity contribution in [3.63, 3.8) is 0 Å². The number of sulfonamides is 1. The fraction of sp³-hybridized carbons (Fsp3) is 0.435. The molecular weight excluding hydrogens is 464 g/mol. The summed E-state index contributed by atoms with van der Waals surface area (Å²) < 4.78 is 27.6. The van der Waals surface area contributed by atoms with E-state index in [-0.39, 0.29) is 33.7 Å². The Balaban J connectivity index is 1.42. The van der Waals surface area contributed by atoms with Crippen molar-refractivity contribution in [2.75, 3.05) is 39.3 Å². The topological polar surface area (TPSA) is 90.9 Å². The maximum Gasteiger partial charge on any atom is 0.254 e. The van der Waals surface area contributed by atoms with E-state index in [1.807, 2.05) is 12.1 Å². The van der Waals surface area contributed by atoms with Crippen LogP contribution in [0.5, 0.6) is 0 Å². The van der Waals surface area contributed by atoms with E-state index in [0.717, 1.165) is 19.3 Å². The minimum Gasteiger partial charge on any atom is -0.339 e. The maximum atomic E-state index is 13.1. The minimum absolute atomic E-state index is 0.0257. The average Bonchev–Trinajstić information content (AvgIpc) is 2.85. The zero-order chi connectivity index (χ0) is 23.4. The third kappa shape index (κ3) is 5.37. The normalized spacial score (nSPS) is 17.7. The molecule has 0 N–H and O–H groups in total. The van der Waals surface area contributed by atoms with Crippen molar-refractivity contribution in [1.29, 1.82) is 0 Å². The van der Waals surface area contributed by atoms with Crippen LogP contribution in [0.4, 0.5) is 0 Å². The molecule has 2 amide bonds. The molecule has 2 saturated heterocycles. The first-order chi connectivity index (χ1) is 15.9. The summed E-state index contributed by atoms with van der Waals surface area (Å²) in [7, 11) is -3.76. The third-order valence-electron chi connectivity index (χ3n) is 6.09. The number of carbonyl (C=O) groups is 2. The van der Waals surface area contributed by atoms with Crippen LogP contribution in [0.25, 0.3) is 0 Å². The molecule has 0 bridgehead atoms. The quantitative estimate of drug-likeness (QED) is 0.642. The number of benzene rings is 1. The first-order valence-electron chi connectivity index (χ1n) is 11.1. The van der Waals surface area contributed by atoms with Crippen molar-refractivity contribution in [3.05, 3.63) is 58.9 Å². The van der Waals surface area contributed by atoms with E-state index in [2.05, 4.69) is 4.98 Å². The maximum absolute atomic E-state index is 13.1. The lowest BCUT2D eigenvalue weighted by molar-refractivity contribution is -0.132. The van der Waals surface area contributed by atoms with Crippen LogP contribution in [-0.4, -0.2) is 78.6 Å². The number of aromatic nitrogens is 1. The molecule has 176 valence electrons. The largest absolute Gasteiger partial charge is 0.339 e. The molecule has 2 fully saturated rings. The monoisotopic (exact) mass is 490 g/mol. The van der Waals surface area contributed by atoms with Crippen LogP contribution in [0, 0.1) is 0 Å².